The quantitative estimate of drug-likeness (QED) is 0.779. The number of aryl methyl sites for hydroxylation is 1. The highest BCUT2D eigenvalue weighted by atomic mass is 32.2. The van der Waals surface area contributed by atoms with Gasteiger partial charge in [0.25, 0.3) is 11.7 Å². The second kappa shape index (κ2) is 7.86. The standard InChI is InChI=1S/C19H18F2N2O2S/c1-2-23-15-9-8-13(11-12(15)7-10-17(23)24)22-18(25)14-5-3-4-6-16(14)26-19(20)21/h3-6,8-9,11,19H,2,7,10H2,1H3,(H,22,25). The Kier molecular flexibility index (Phi) is 5.56. The number of thioether (sulfide) groups is 1. The molecule has 0 spiro atoms. The van der Waals surface area contributed by atoms with Crippen LogP contribution < -0.4 is 10.2 Å². The van der Waals surface area contributed by atoms with E-state index in [-0.39, 0.29) is 16.4 Å². The average molecular weight is 376 g/mol. The molecule has 2 aromatic carbocycles. The fourth-order valence-electron chi connectivity index (χ4n) is 3.04. The van der Waals surface area contributed by atoms with Gasteiger partial charge in [-0.15, -0.1) is 0 Å². The molecule has 0 saturated heterocycles. The van der Waals surface area contributed by atoms with Crippen LogP contribution in [0.5, 0.6) is 0 Å². The van der Waals surface area contributed by atoms with E-state index in [1.165, 1.54) is 12.1 Å². The van der Waals surface area contributed by atoms with Gasteiger partial charge >= 0.3 is 0 Å². The van der Waals surface area contributed by atoms with E-state index in [4.69, 9.17) is 0 Å². The molecule has 0 atom stereocenters. The monoisotopic (exact) mass is 376 g/mol. The van der Waals surface area contributed by atoms with E-state index in [2.05, 4.69) is 5.32 Å². The first-order chi connectivity index (χ1) is 12.5. The van der Waals surface area contributed by atoms with Gasteiger partial charge in [-0.05, 0) is 49.2 Å². The van der Waals surface area contributed by atoms with Gasteiger partial charge in [-0.3, -0.25) is 9.59 Å². The molecule has 1 N–H and O–H groups in total. The molecular formula is C19H18F2N2O2S. The third-order valence-corrected chi connectivity index (χ3v) is 4.99. The summed E-state index contributed by atoms with van der Waals surface area (Å²) in [4.78, 5) is 26.4. The van der Waals surface area contributed by atoms with Crippen LogP contribution >= 0.6 is 11.8 Å². The number of nitrogens with zero attached hydrogens (tertiary/aromatic N) is 1. The van der Waals surface area contributed by atoms with Crippen LogP contribution in [-0.2, 0) is 11.2 Å². The van der Waals surface area contributed by atoms with Crippen LogP contribution in [0.15, 0.2) is 47.4 Å². The molecule has 7 heteroatoms. The van der Waals surface area contributed by atoms with Crippen molar-refractivity contribution in [2.24, 2.45) is 0 Å². The van der Waals surface area contributed by atoms with Crippen LogP contribution in [0, 0.1) is 0 Å². The van der Waals surface area contributed by atoms with Crippen molar-refractivity contribution in [1.82, 2.24) is 0 Å². The molecule has 0 radical (unpaired) electrons. The maximum Gasteiger partial charge on any atom is 0.288 e. The Labute approximate surface area is 154 Å². The number of hydrogen-bond donors (Lipinski definition) is 1. The molecular weight excluding hydrogens is 358 g/mol. The lowest BCUT2D eigenvalue weighted by Crippen LogP contribution is -2.34. The number of nitrogens with one attached hydrogen (secondary N) is 1. The number of alkyl halides is 2. The topological polar surface area (TPSA) is 49.4 Å². The lowest BCUT2D eigenvalue weighted by molar-refractivity contribution is -0.118. The van der Waals surface area contributed by atoms with Crippen molar-refractivity contribution in [2.45, 2.75) is 30.4 Å². The summed E-state index contributed by atoms with van der Waals surface area (Å²) >= 11 is 0.352. The molecule has 1 aliphatic heterocycles. The highest BCUT2D eigenvalue weighted by Crippen LogP contribution is 2.31. The Morgan fingerprint density at radius 3 is 2.73 bits per heavy atom. The number of fused-ring (bicyclic) bond motifs is 1. The maximum atomic E-state index is 12.7. The number of halogens is 2. The van der Waals surface area contributed by atoms with Crippen LogP contribution in [0.2, 0.25) is 0 Å². The normalized spacial score (nSPS) is 13.7. The summed E-state index contributed by atoms with van der Waals surface area (Å²) in [6, 6.07) is 11.7. The minimum absolute atomic E-state index is 0.0923. The predicted octanol–water partition coefficient (Wildman–Crippen LogP) is 4.55. The van der Waals surface area contributed by atoms with Gasteiger partial charge in [0.2, 0.25) is 5.91 Å². The number of benzene rings is 2. The number of carbonyl (C=O) groups is 2. The summed E-state index contributed by atoms with van der Waals surface area (Å²) in [5.74, 6) is -2.94. The Morgan fingerprint density at radius 2 is 2.00 bits per heavy atom. The third-order valence-electron chi connectivity index (χ3n) is 4.20. The number of amides is 2. The smallest absolute Gasteiger partial charge is 0.288 e. The molecule has 0 aliphatic carbocycles. The number of anilines is 2. The minimum atomic E-state index is -2.59. The summed E-state index contributed by atoms with van der Waals surface area (Å²) in [6.45, 7) is 2.51. The zero-order valence-corrected chi connectivity index (χ0v) is 15.0. The van der Waals surface area contributed by atoms with Crippen molar-refractivity contribution in [3.05, 3.63) is 53.6 Å². The summed E-state index contributed by atoms with van der Waals surface area (Å²) in [7, 11) is 0. The van der Waals surface area contributed by atoms with Crippen molar-refractivity contribution in [2.75, 3.05) is 16.8 Å². The van der Waals surface area contributed by atoms with E-state index in [9.17, 15) is 18.4 Å². The van der Waals surface area contributed by atoms with Crippen molar-refractivity contribution < 1.29 is 18.4 Å². The lowest BCUT2D eigenvalue weighted by atomic mass is 10.0. The van der Waals surface area contributed by atoms with E-state index in [0.717, 1.165) is 11.3 Å². The molecule has 1 heterocycles. The van der Waals surface area contributed by atoms with E-state index < -0.39 is 11.7 Å². The molecule has 0 fully saturated rings. The molecule has 26 heavy (non-hydrogen) atoms. The van der Waals surface area contributed by atoms with Crippen LogP contribution in [0.3, 0.4) is 0 Å². The average Bonchev–Trinajstić information content (AvgIpc) is 2.61. The number of hydrogen-bond acceptors (Lipinski definition) is 3. The zero-order chi connectivity index (χ0) is 18.7. The highest BCUT2D eigenvalue weighted by molar-refractivity contribution is 7.99. The van der Waals surface area contributed by atoms with Crippen LogP contribution in [0.4, 0.5) is 20.2 Å². The largest absolute Gasteiger partial charge is 0.322 e. The second-order valence-electron chi connectivity index (χ2n) is 5.81. The van der Waals surface area contributed by atoms with E-state index >= 15 is 0 Å². The van der Waals surface area contributed by atoms with Crippen LogP contribution in [-0.4, -0.2) is 24.1 Å². The first-order valence-electron chi connectivity index (χ1n) is 8.28. The molecule has 2 aromatic rings. The fourth-order valence-corrected chi connectivity index (χ4v) is 3.67. The van der Waals surface area contributed by atoms with Gasteiger partial charge in [0.15, 0.2) is 0 Å². The van der Waals surface area contributed by atoms with Crippen molar-refractivity contribution in [3.63, 3.8) is 0 Å². The van der Waals surface area contributed by atoms with Gasteiger partial charge in [0, 0.05) is 29.2 Å². The summed E-state index contributed by atoms with van der Waals surface area (Å²) < 4.78 is 25.4. The SMILES string of the molecule is CCN1C(=O)CCc2cc(NC(=O)c3ccccc3SC(F)F)ccc21. The third kappa shape index (κ3) is 3.88. The molecule has 0 unspecified atom stereocenters. The van der Waals surface area contributed by atoms with E-state index in [1.54, 1.807) is 23.1 Å². The Balaban J connectivity index is 1.82. The first kappa shape index (κ1) is 18.4. The van der Waals surface area contributed by atoms with Gasteiger partial charge in [-0.25, -0.2) is 0 Å². The molecule has 0 bridgehead atoms. The molecule has 3 rings (SSSR count). The second-order valence-corrected chi connectivity index (χ2v) is 6.84. The minimum Gasteiger partial charge on any atom is -0.322 e. The zero-order valence-electron chi connectivity index (χ0n) is 14.2. The number of carbonyl (C=O) groups excluding carboxylic acids is 2. The summed E-state index contributed by atoms with van der Waals surface area (Å²) in [5, 5.41) is 2.77. The van der Waals surface area contributed by atoms with E-state index in [1.807, 2.05) is 19.1 Å². The van der Waals surface area contributed by atoms with Gasteiger partial charge in [0.05, 0.1) is 5.56 Å². The Morgan fingerprint density at radius 1 is 1.23 bits per heavy atom. The van der Waals surface area contributed by atoms with Gasteiger partial charge in [0.1, 0.15) is 0 Å². The molecule has 1 aliphatic rings. The van der Waals surface area contributed by atoms with Gasteiger partial charge < -0.3 is 10.2 Å². The lowest BCUT2D eigenvalue weighted by Gasteiger charge is -2.28. The fraction of sp³-hybridized carbons (Fsp3) is 0.263. The first-order valence-corrected chi connectivity index (χ1v) is 9.16. The Hall–Kier alpha value is -2.41. The predicted molar refractivity (Wildman–Crippen MR) is 99.0 cm³/mol. The number of rotatable bonds is 5. The van der Waals surface area contributed by atoms with Crippen LogP contribution in [0.1, 0.15) is 29.3 Å². The summed E-state index contributed by atoms with van der Waals surface area (Å²) in [6.07, 6.45) is 1.05. The summed E-state index contributed by atoms with van der Waals surface area (Å²) in [5.41, 5.74) is 2.63. The molecule has 2 amide bonds. The Bertz CT molecular complexity index is 842. The van der Waals surface area contributed by atoms with Gasteiger partial charge in [-0.2, -0.15) is 8.78 Å². The van der Waals surface area contributed by atoms with Crippen molar-refractivity contribution in [3.8, 4) is 0 Å². The molecule has 136 valence electrons. The molecule has 0 saturated carbocycles. The van der Waals surface area contributed by atoms with E-state index in [0.29, 0.717) is 36.8 Å². The van der Waals surface area contributed by atoms with Crippen molar-refractivity contribution in [1.29, 1.82) is 0 Å². The maximum absolute atomic E-state index is 12.7. The molecule has 0 aromatic heterocycles. The highest BCUT2D eigenvalue weighted by Gasteiger charge is 2.23. The molecule has 4 nitrogen and oxygen atoms in total. The van der Waals surface area contributed by atoms with Crippen LogP contribution in [0.25, 0.3) is 0 Å². The van der Waals surface area contributed by atoms with Gasteiger partial charge in [-0.1, -0.05) is 23.9 Å². The van der Waals surface area contributed by atoms with Crippen molar-refractivity contribution >= 4 is 35.0 Å².